The molecule has 0 amide bonds. The van der Waals surface area contributed by atoms with Gasteiger partial charge in [0.2, 0.25) is 6.10 Å². The SMILES string of the molecule is C#CC(OC(=O)C1C(C=C(Br)Br)C1(C)C)/C(F)=C/CF. The summed E-state index contributed by atoms with van der Waals surface area (Å²) in [6, 6.07) is 0. The highest BCUT2D eigenvalue weighted by Crippen LogP contribution is 2.60. The van der Waals surface area contributed by atoms with Crippen LogP contribution in [0.4, 0.5) is 8.78 Å². The number of carbonyl (C=O) groups is 1. The van der Waals surface area contributed by atoms with Crippen molar-refractivity contribution in [3.8, 4) is 12.3 Å². The monoisotopic (exact) mass is 410 g/mol. The highest BCUT2D eigenvalue weighted by Gasteiger charge is 2.61. The van der Waals surface area contributed by atoms with Crippen LogP contribution in [0.2, 0.25) is 0 Å². The lowest BCUT2D eigenvalue weighted by molar-refractivity contribution is -0.148. The summed E-state index contributed by atoms with van der Waals surface area (Å²) in [7, 11) is 0. The van der Waals surface area contributed by atoms with Gasteiger partial charge in [0.05, 0.1) is 9.31 Å². The first kappa shape index (κ1) is 17.4. The number of rotatable bonds is 5. The van der Waals surface area contributed by atoms with E-state index >= 15 is 0 Å². The number of terminal acetylenes is 1. The van der Waals surface area contributed by atoms with E-state index in [0.29, 0.717) is 6.08 Å². The lowest BCUT2D eigenvalue weighted by Gasteiger charge is -2.11. The summed E-state index contributed by atoms with van der Waals surface area (Å²) in [6.45, 7) is 2.81. The Morgan fingerprint density at radius 3 is 2.60 bits per heavy atom. The van der Waals surface area contributed by atoms with Gasteiger partial charge in [-0.15, -0.1) is 6.42 Å². The van der Waals surface area contributed by atoms with Crippen LogP contribution in [-0.2, 0) is 9.53 Å². The molecule has 0 saturated heterocycles. The lowest BCUT2D eigenvalue weighted by Crippen LogP contribution is -2.20. The van der Waals surface area contributed by atoms with Gasteiger partial charge >= 0.3 is 5.97 Å². The molecule has 110 valence electrons. The number of hydrogen-bond donors (Lipinski definition) is 0. The number of halogens is 4. The minimum Gasteiger partial charge on any atom is -0.441 e. The average molecular weight is 412 g/mol. The van der Waals surface area contributed by atoms with Gasteiger partial charge in [-0.2, -0.15) is 0 Å². The molecule has 20 heavy (non-hydrogen) atoms. The smallest absolute Gasteiger partial charge is 0.311 e. The molecule has 0 aromatic heterocycles. The number of hydrogen-bond acceptors (Lipinski definition) is 2. The fourth-order valence-corrected chi connectivity index (χ4v) is 2.68. The van der Waals surface area contributed by atoms with E-state index in [0.717, 1.165) is 3.39 Å². The van der Waals surface area contributed by atoms with Gasteiger partial charge in [0, 0.05) is 0 Å². The van der Waals surface area contributed by atoms with E-state index in [1.807, 2.05) is 25.8 Å². The summed E-state index contributed by atoms with van der Waals surface area (Å²) in [5, 5.41) is 0. The van der Waals surface area contributed by atoms with E-state index in [2.05, 4.69) is 31.9 Å². The third kappa shape index (κ3) is 3.92. The maximum absolute atomic E-state index is 13.4. The maximum Gasteiger partial charge on any atom is 0.311 e. The molecule has 3 atom stereocenters. The molecule has 3 unspecified atom stereocenters. The first-order valence-electron chi connectivity index (χ1n) is 5.86. The Hall–Kier alpha value is -0.670. The van der Waals surface area contributed by atoms with Crippen molar-refractivity contribution < 1.29 is 18.3 Å². The Balaban J connectivity index is 2.76. The van der Waals surface area contributed by atoms with Crippen molar-refractivity contribution >= 4 is 37.8 Å². The van der Waals surface area contributed by atoms with Gasteiger partial charge in [0.15, 0.2) is 5.83 Å². The van der Waals surface area contributed by atoms with Crippen molar-refractivity contribution in [1.82, 2.24) is 0 Å². The average Bonchev–Trinajstić information content (AvgIpc) is 2.86. The number of allylic oxidation sites excluding steroid dienone is 2. The second-order valence-electron chi connectivity index (χ2n) is 5.01. The van der Waals surface area contributed by atoms with Crippen molar-refractivity contribution in [3.05, 3.63) is 21.4 Å². The van der Waals surface area contributed by atoms with Gasteiger partial charge in [0.1, 0.15) is 6.67 Å². The highest BCUT2D eigenvalue weighted by atomic mass is 79.9. The van der Waals surface area contributed by atoms with Gasteiger partial charge in [-0.3, -0.25) is 4.79 Å². The summed E-state index contributed by atoms with van der Waals surface area (Å²) in [6.07, 6.45) is 6.13. The first-order chi connectivity index (χ1) is 9.25. The molecule has 0 aromatic carbocycles. The van der Waals surface area contributed by atoms with Crippen LogP contribution in [0, 0.1) is 29.6 Å². The minimum atomic E-state index is -1.47. The van der Waals surface area contributed by atoms with Gasteiger partial charge in [-0.05, 0) is 49.3 Å². The van der Waals surface area contributed by atoms with Crippen LogP contribution < -0.4 is 0 Å². The van der Waals surface area contributed by atoms with E-state index in [1.165, 1.54) is 0 Å². The normalized spacial score (nSPS) is 25.4. The number of alkyl halides is 1. The minimum absolute atomic E-state index is 0.0320. The molecule has 1 aliphatic carbocycles. The summed E-state index contributed by atoms with van der Waals surface area (Å²) < 4.78 is 31.1. The Bertz CT molecular complexity index is 488. The zero-order chi connectivity index (χ0) is 15.5. The van der Waals surface area contributed by atoms with Crippen LogP contribution >= 0.6 is 31.9 Å². The Labute approximate surface area is 133 Å². The molecule has 0 radical (unpaired) electrons. The number of esters is 1. The quantitative estimate of drug-likeness (QED) is 0.499. The highest BCUT2D eigenvalue weighted by molar-refractivity contribution is 9.28. The van der Waals surface area contributed by atoms with E-state index in [4.69, 9.17) is 11.2 Å². The molecule has 1 rings (SSSR count). The van der Waals surface area contributed by atoms with Gasteiger partial charge in [0.25, 0.3) is 0 Å². The van der Waals surface area contributed by atoms with E-state index in [-0.39, 0.29) is 11.3 Å². The standard InChI is InChI=1S/C14H14Br2F2O2/c1-4-10(9(18)5-6-17)20-13(19)12-8(7-11(15)16)14(12,2)3/h1,5,7-8,10,12H,6H2,2-3H3/b9-5-. The Kier molecular flexibility index (Phi) is 5.96. The van der Waals surface area contributed by atoms with Gasteiger partial charge < -0.3 is 4.74 Å². The summed E-state index contributed by atoms with van der Waals surface area (Å²) in [4.78, 5) is 12.0. The molecule has 0 aromatic rings. The van der Waals surface area contributed by atoms with Crippen LogP contribution in [0.5, 0.6) is 0 Å². The molecule has 1 fully saturated rings. The molecule has 2 nitrogen and oxygen atoms in total. The van der Waals surface area contributed by atoms with Crippen LogP contribution in [0.15, 0.2) is 21.4 Å². The van der Waals surface area contributed by atoms with Crippen molar-refractivity contribution in [2.24, 2.45) is 17.3 Å². The van der Waals surface area contributed by atoms with Crippen LogP contribution in [0.3, 0.4) is 0 Å². The zero-order valence-corrected chi connectivity index (χ0v) is 14.2. The summed E-state index contributed by atoms with van der Waals surface area (Å²) >= 11 is 6.47. The maximum atomic E-state index is 13.4. The molecule has 0 heterocycles. The molecular weight excluding hydrogens is 398 g/mol. The topological polar surface area (TPSA) is 26.3 Å². The second-order valence-corrected chi connectivity index (χ2v) is 7.78. The van der Waals surface area contributed by atoms with E-state index < -0.39 is 30.5 Å². The number of ether oxygens (including phenoxy) is 1. The fraction of sp³-hybridized carbons (Fsp3) is 0.500. The Morgan fingerprint density at radius 1 is 1.55 bits per heavy atom. The number of carbonyl (C=O) groups excluding carboxylic acids is 1. The fourth-order valence-electron chi connectivity index (χ4n) is 2.11. The third-order valence-electron chi connectivity index (χ3n) is 3.38. The van der Waals surface area contributed by atoms with Crippen molar-refractivity contribution in [1.29, 1.82) is 0 Å². The van der Waals surface area contributed by atoms with Crippen LogP contribution in [0.25, 0.3) is 0 Å². The molecule has 0 bridgehead atoms. The van der Waals surface area contributed by atoms with E-state index in [1.54, 1.807) is 0 Å². The molecule has 1 saturated carbocycles. The summed E-state index contributed by atoms with van der Waals surface area (Å²) in [5.41, 5.74) is -0.288. The van der Waals surface area contributed by atoms with E-state index in [9.17, 15) is 13.6 Å². The van der Waals surface area contributed by atoms with Crippen molar-refractivity contribution in [2.45, 2.75) is 20.0 Å². The van der Waals surface area contributed by atoms with Gasteiger partial charge in [-0.25, -0.2) is 8.78 Å². The predicted octanol–water partition coefficient (Wildman–Crippen LogP) is 4.26. The van der Waals surface area contributed by atoms with Crippen LogP contribution in [-0.4, -0.2) is 18.7 Å². The predicted molar refractivity (Wildman–Crippen MR) is 80.6 cm³/mol. The largest absolute Gasteiger partial charge is 0.441 e. The molecule has 1 aliphatic rings. The van der Waals surface area contributed by atoms with Crippen molar-refractivity contribution in [2.75, 3.05) is 6.67 Å². The molecular formula is C14H14Br2F2O2. The molecule has 6 heteroatoms. The van der Waals surface area contributed by atoms with Gasteiger partial charge in [-0.1, -0.05) is 25.8 Å². The van der Waals surface area contributed by atoms with Crippen molar-refractivity contribution in [3.63, 3.8) is 0 Å². The first-order valence-corrected chi connectivity index (χ1v) is 7.45. The summed E-state index contributed by atoms with van der Waals surface area (Å²) in [5.74, 6) is 0.0198. The second kappa shape index (κ2) is 6.86. The molecule has 0 spiro atoms. The molecule has 0 N–H and O–H groups in total. The Morgan fingerprint density at radius 2 is 2.15 bits per heavy atom. The zero-order valence-electron chi connectivity index (χ0n) is 11.0. The molecule has 0 aliphatic heterocycles. The lowest BCUT2D eigenvalue weighted by atomic mass is 10.1. The van der Waals surface area contributed by atoms with Crippen LogP contribution in [0.1, 0.15) is 13.8 Å². The third-order valence-corrected chi connectivity index (χ3v) is 3.91.